The number of thioether (sulfide) groups is 1. The third-order valence-corrected chi connectivity index (χ3v) is 8.72. The predicted octanol–water partition coefficient (Wildman–Crippen LogP) is 3.09. The Hall–Kier alpha value is -3.25. The number of sulfonamides is 1. The first-order valence-electron chi connectivity index (χ1n) is 11.4. The van der Waals surface area contributed by atoms with Gasteiger partial charge in [-0.05, 0) is 42.1 Å². The molecule has 2 aliphatic heterocycles. The molecule has 0 bridgehead atoms. The zero-order valence-corrected chi connectivity index (χ0v) is 21.5. The van der Waals surface area contributed by atoms with Crippen LogP contribution in [-0.2, 0) is 19.6 Å². The lowest BCUT2D eigenvalue weighted by Crippen LogP contribution is -2.38. The number of hydrogen-bond donors (Lipinski definition) is 0. The van der Waals surface area contributed by atoms with E-state index in [0.717, 1.165) is 16.8 Å². The van der Waals surface area contributed by atoms with Gasteiger partial charge in [0.15, 0.2) is 5.17 Å². The van der Waals surface area contributed by atoms with Crippen molar-refractivity contribution in [1.82, 2.24) is 19.0 Å². The quantitative estimate of drug-likeness (QED) is 0.474. The summed E-state index contributed by atoms with van der Waals surface area (Å²) < 4.78 is 33.3. The maximum absolute atomic E-state index is 12.7. The number of amidine groups is 1. The Labute approximate surface area is 214 Å². The lowest BCUT2D eigenvalue weighted by molar-refractivity contribution is -0.113. The molecule has 0 N–H and O–H groups in total. The van der Waals surface area contributed by atoms with Crippen LogP contribution in [0.1, 0.15) is 5.56 Å². The van der Waals surface area contributed by atoms with E-state index in [1.54, 1.807) is 35.0 Å². The Kier molecular flexibility index (Phi) is 6.80. The van der Waals surface area contributed by atoms with Crippen LogP contribution >= 0.6 is 11.8 Å². The molecule has 1 aromatic heterocycles. The lowest BCUT2D eigenvalue weighted by Gasteiger charge is -2.27. The molecule has 2 aliphatic rings. The van der Waals surface area contributed by atoms with Crippen LogP contribution < -0.4 is 0 Å². The maximum Gasteiger partial charge on any atom is 0.286 e. The van der Waals surface area contributed by atoms with E-state index in [9.17, 15) is 13.2 Å². The fourth-order valence-electron chi connectivity index (χ4n) is 3.85. The van der Waals surface area contributed by atoms with Gasteiger partial charge in [0.05, 0.1) is 34.4 Å². The molecule has 0 spiro atoms. The molecule has 1 amide bonds. The van der Waals surface area contributed by atoms with Gasteiger partial charge in [0.25, 0.3) is 5.91 Å². The number of benzene rings is 2. The van der Waals surface area contributed by atoms with Crippen molar-refractivity contribution in [2.75, 3.05) is 40.4 Å². The number of nitrogens with zero attached hydrogens (tertiary/aromatic N) is 5. The summed E-state index contributed by atoms with van der Waals surface area (Å²) in [6.07, 6.45) is 3.67. The summed E-state index contributed by atoms with van der Waals surface area (Å²) in [6, 6.07) is 16.3. The summed E-state index contributed by atoms with van der Waals surface area (Å²) in [5.74, 6) is -0.285. The normalized spacial score (nSPS) is 17.8. The molecule has 5 rings (SSSR count). The number of aromatic nitrogens is 2. The van der Waals surface area contributed by atoms with E-state index in [4.69, 9.17) is 9.84 Å². The number of amides is 1. The highest BCUT2D eigenvalue weighted by Crippen LogP contribution is 2.34. The second kappa shape index (κ2) is 10.0. The number of carbonyl (C=O) groups excluding carboxylic acids is 1. The number of hydrogen-bond acceptors (Lipinski definition) is 7. The minimum Gasteiger partial charge on any atom is -0.378 e. The smallest absolute Gasteiger partial charge is 0.286 e. The second-order valence-corrected chi connectivity index (χ2v) is 11.6. The molecule has 2 aromatic carbocycles. The average molecular weight is 524 g/mol. The average Bonchev–Trinajstić information content (AvgIpc) is 3.49. The first-order chi connectivity index (χ1) is 17.3. The first kappa shape index (κ1) is 24.4. The SMILES string of the molecule is CN(C)S(=O)(=O)c1ccc(-c2nn(-c3ccccc3)cc2C=C2SC(N3CCOCC3)=NC2=O)cc1. The Morgan fingerprint density at radius 2 is 1.72 bits per heavy atom. The monoisotopic (exact) mass is 523 g/mol. The standard InChI is InChI=1S/C25H25N5O4S2/c1-28(2)36(32,33)21-10-8-18(9-11-21)23-19(17-30(27-23)20-6-4-3-5-7-20)16-22-24(31)26-25(35-22)29-12-14-34-15-13-29/h3-11,16-17H,12-15H2,1-2H3. The zero-order valence-electron chi connectivity index (χ0n) is 19.9. The largest absolute Gasteiger partial charge is 0.378 e. The summed E-state index contributed by atoms with van der Waals surface area (Å²) in [5.41, 5.74) is 2.97. The molecule has 1 saturated heterocycles. The molecular formula is C25H25N5O4S2. The van der Waals surface area contributed by atoms with Crippen LogP contribution in [0.3, 0.4) is 0 Å². The summed E-state index contributed by atoms with van der Waals surface area (Å²) >= 11 is 1.35. The zero-order chi connectivity index (χ0) is 25.3. The summed E-state index contributed by atoms with van der Waals surface area (Å²) in [6.45, 7) is 2.62. The van der Waals surface area contributed by atoms with Gasteiger partial charge in [0, 0.05) is 44.5 Å². The third-order valence-electron chi connectivity index (χ3n) is 5.85. The van der Waals surface area contributed by atoms with Crippen molar-refractivity contribution in [3.63, 3.8) is 0 Å². The van der Waals surface area contributed by atoms with Crippen LogP contribution in [0, 0.1) is 0 Å². The Morgan fingerprint density at radius 1 is 1.03 bits per heavy atom. The molecule has 1 fully saturated rings. The molecule has 0 unspecified atom stereocenters. The van der Waals surface area contributed by atoms with E-state index in [1.165, 1.54) is 30.2 Å². The number of rotatable bonds is 5. The van der Waals surface area contributed by atoms with Crippen molar-refractivity contribution in [1.29, 1.82) is 0 Å². The molecule has 9 nitrogen and oxygen atoms in total. The molecule has 0 saturated carbocycles. The van der Waals surface area contributed by atoms with Crippen LogP contribution in [0.15, 0.2) is 75.6 Å². The van der Waals surface area contributed by atoms with Crippen molar-refractivity contribution in [3.8, 4) is 16.9 Å². The van der Waals surface area contributed by atoms with E-state index < -0.39 is 10.0 Å². The number of ether oxygens (including phenoxy) is 1. The Morgan fingerprint density at radius 3 is 2.39 bits per heavy atom. The predicted molar refractivity (Wildman–Crippen MR) is 140 cm³/mol. The lowest BCUT2D eigenvalue weighted by atomic mass is 10.1. The Bertz CT molecular complexity index is 1440. The highest BCUT2D eigenvalue weighted by molar-refractivity contribution is 8.18. The fourth-order valence-corrected chi connectivity index (χ4v) is 5.71. The van der Waals surface area contributed by atoms with Gasteiger partial charge in [0.1, 0.15) is 0 Å². The molecule has 0 radical (unpaired) electrons. The van der Waals surface area contributed by atoms with Crippen molar-refractivity contribution in [2.24, 2.45) is 4.99 Å². The van der Waals surface area contributed by atoms with Crippen molar-refractivity contribution in [3.05, 3.63) is 71.3 Å². The first-order valence-corrected chi connectivity index (χ1v) is 13.6. The molecule has 3 aromatic rings. The Balaban J connectivity index is 1.52. The topological polar surface area (TPSA) is 97.1 Å². The highest BCUT2D eigenvalue weighted by Gasteiger charge is 2.28. The summed E-state index contributed by atoms with van der Waals surface area (Å²) in [4.78, 5) is 19.8. The van der Waals surface area contributed by atoms with E-state index in [0.29, 0.717) is 42.1 Å². The summed E-state index contributed by atoms with van der Waals surface area (Å²) in [5, 5.41) is 5.47. The minimum atomic E-state index is -3.55. The van der Waals surface area contributed by atoms with Crippen LogP contribution in [-0.4, -0.2) is 78.9 Å². The molecule has 11 heteroatoms. The maximum atomic E-state index is 12.7. The van der Waals surface area contributed by atoms with E-state index >= 15 is 0 Å². The molecule has 0 atom stereocenters. The second-order valence-electron chi connectivity index (χ2n) is 8.43. The van der Waals surface area contributed by atoms with Crippen molar-refractivity contribution < 1.29 is 17.9 Å². The van der Waals surface area contributed by atoms with Gasteiger partial charge in [-0.25, -0.2) is 17.4 Å². The third kappa shape index (κ3) is 4.87. The van der Waals surface area contributed by atoms with Crippen molar-refractivity contribution in [2.45, 2.75) is 4.90 Å². The van der Waals surface area contributed by atoms with Gasteiger partial charge in [-0.1, -0.05) is 30.3 Å². The fraction of sp³-hybridized carbons (Fsp3) is 0.240. The number of morpholine rings is 1. The number of para-hydroxylation sites is 1. The molecule has 0 aliphatic carbocycles. The van der Waals surface area contributed by atoms with Crippen LogP contribution in [0.4, 0.5) is 0 Å². The molecule has 36 heavy (non-hydrogen) atoms. The molecular weight excluding hydrogens is 498 g/mol. The van der Waals surface area contributed by atoms with Crippen LogP contribution in [0.2, 0.25) is 0 Å². The summed E-state index contributed by atoms with van der Waals surface area (Å²) in [7, 11) is -0.550. The van der Waals surface area contributed by atoms with E-state index in [1.807, 2.05) is 36.5 Å². The van der Waals surface area contributed by atoms with Crippen LogP contribution in [0.25, 0.3) is 23.0 Å². The molecule has 186 valence electrons. The van der Waals surface area contributed by atoms with Gasteiger partial charge >= 0.3 is 0 Å². The van der Waals surface area contributed by atoms with Crippen LogP contribution in [0.5, 0.6) is 0 Å². The van der Waals surface area contributed by atoms with Gasteiger partial charge in [0.2, 0.25) is 10.0 Å². The van der Waals surface area contributed by atoms with Gasteiger partial charge in [-0.2, -0.15) is 10.1 Å². The minimum absolute atomic E-state index is 0.198. The van der Waals surface area contributed by atoms with Gasteiger partial charge in [-0.15, -0.1) is 0 Å². The van der Waals surface area contributed by atoms with Gasteiger partial charge < -0.3 is 9.64 Å². The number of aliphatic imine (C=N–C) groups is 1. The highest BCUT2D eigenvalue weighted by atomic mass is 32.2. The molecule has 3 heterocycles. The van der Waals surface area contributed by atoms with E-state index in [-0.39, 0.29) is 10.8 Å². The number of carbonyl (C=O) groups is 1. The van der Waals surface area contributed by atoms with Gasteiger partial charge in [-0.3, -0.25) is 4.79 Å². The van der Waals surface area contributed by atoms with Crippen molar-refractivity contribution >= 4 is 38.9 Å². The van der Waals surface area contributed by atoms with E-state index in [2.05, 4.69) is 9.89 Å².